The number of aromatic nitrogens is 3. The van der Waals surface area contributed by atoms with Crippen molar-refractivity contribution in [2.75, 3.05) is 26.1 Å². The fraction of sp³-hybridized carbons (Fsp3) is 0.188. The van der Waals surface area contributed by atoms with Gasteiger partial charge in [0.1, 0.15) is 11.4 Å². The number of ether oxygens (including phenoxy) is 1. The Kier molecular flexibility index (Phi) is 4.12. The minimum absolute atomic E-state index is 0.226. The highest BCUT2D eigenvalue weighted by Gasteiger charge is 2.05. The van der Waals surface area contributed by atoms with Crippen molar-refractivity contribution in [3.63, 3.8) is 0 Å². The molecule has 118 valence electrons. The Morgan fingerprint density at radius 1 is 1.30 bits per heavy atom. The first kappa shape index (κ1) is 15.2. The molecular weight excluding hydrogens is 312 g/mol. The number of hydrogen-bond acceptors (Lipinski definition) is 6. The Labute approximate surface area is 137 Å². The summed E-state index contributed by atoms with van der Waals surface area (Å²) in [5.74, 6) is 0.699. The molecule has 0 aliphatic carbocycles. The zero-order chi connectivity index (χ0) is 16.4. The van der Waals surface area contributed by atoms with Crippen molar-refractivity contribution in [2.45, 2.75) is 0 Å². The molecule has 1 N–H and O–H groups in total. The van der Waals surface area contributed by atoms with Gasteiger partial charge in [-0.1, -0.05) is 11.3 Å². The lowest BCUT2D eigenvalue weighted by Crippen LogP contribution is -2.11. The van der Waals surface area contributed by atoms with Crippen molar-refractivity contribution in [3.05, 3.63) is 45.3 Å². The first-order valence-corrected chi connectivity index (χ1v) is 7.78. The molecular formula is C16H16N4O2S. The number of aromatic amines is 1. The molecule has 0 atom stereocenters. The second kappa shape index (κ2) is 6.21. The highest BCUT2D eigenvalue weighted by atomic mass is 32.1. The molecule has 7 heteroatoms. The van der Waals surface area contributed by atoms with Crippen LogP contribution in [0.4, 0.5) is 5.13 Å². The van der Waals surface area contributed by atoms with Crippen molar-refractivity contribution in [2.24, 2.45) is 0 Å². The van der Waals surface area contributed by atoms with E-state index in [1.807, 2.05) is 25.1 Å². The van der Waals surface area contributed by atoms with Crippen LogP contribution >= 0.6 is 11.3 Å². The van der Waals surface area contributed by atoms with Gasteiger partial charge in [-0.3, -0.25) is 4.79 Å². The number of hydrogen-bond donors (Lipinski definition) is 1. The van der Waals surface area contributed by atoms with Gasteiger partial charge in [-0.2, -0.15) is 0 Å². The Bertz CT molecular complexity index is 927. The fourth-order valence-electron chi connectivity index (χ4n) is 2.04. The van der Waals surface area contributed by atoms with Crippen molar-refractivity contribution in [3.8, 4) is 5.75 Å². The van der Waals surface area contributed by atoms with E-state index in [0.717, 1.165) is 10.0 Å². The van der Waals surface area contributed by atoms with E-state index in [-0.39, 0.29) is 5.56 Å². The molecule has 0 fully saturated rings. The number of H-pyrrole nitrogens is 1. The van der Waals surface area contributed by atoms with Crippen LogP contribution in [0, 0.1) is 0 Å². The van der Waals surface area contributed by atoms with E-state index >= 15 is 0 Å². The van der Waals surface area contributed by atoms with Gasteiger partial charge in [-0.25, -0.2) is 9.97 Å². The van der Waals surface area contributed by atoms with Gasteiger partial charge in [-0.15, -0.1) is 0 Å². The van der Waals surface area contributed by atoms with Crippen LogP contribution in [0.1, 0.15) is 10.6 Å². The van der Waals surface area contributed by atoms with Crippen LogP contribution in [0.5, 0.6) is 5.75 Å². The molecule has 0 unspecified atom stereocenters. The molecule has 0 saturated carbocycles. The summed E-state index contributed by atoms with van der Waals surface area (Å²) in [7, 11) is 5.48. The number of methoxy groups -OCH3 is 1. The number of nitrogens with zero attached hydrogens (tertiary/aromatic N) is 3. The Hall–Kier alpha value is -2.67. The van der Waals surface area contributed by atoms with E-state index in [1.54, 1.807) is 48.9 Å². The van der Waals surface area contributed by atoms with Crippen LogP contribution in [0.25, 0.3) is 23.2 Å². The molecule has 23 heavy (non-hydrogen) atoms. The van der Waals surface area contributed by atoms with Gasteiger partial charge in [0, 0.05) is 31.2 Å². The number of fused-ring (bicyclic) bond motifs is 1. The fourth-order valence-corrected chi connectivity index (χ4v) is 2.78. The van der Waals surface area contributed by atoms with E-state index in [2.05, 4.69) is 15.0 Å². The van der Waals surface area contributed by atoms with Crippen LogP contribution in [-0.2, 0) is 0 Å². The third kappa shape index (κ3) is 3.24. The maximum atomic E-state index is 12.1. The second-order valence-corrected chi connectivity index (χ2v) is 6.15. The Morgan fingerprint density at radius 3 is 2.83 bits per heavy atom. The van der Waals surface area contributed by atoms with Crippen LogP contribution in [0.15, 0.2) is 29.2 Å². The molecule has 3 rings (SSSR count). The quantitative estimate of drug-likeness (QED) is 0.797. The second-order valence-electron chi connectivity index (χ2n) is 5.11. The van der Waals surface area contributed by atoms with Crippen LogP contribution < -0.4 is 15.2 Å². The average Bonchev–Trinajstić information content (AvgIpc) is 3.01. The third-order valence-corrected chi connectivity index (χ3v) is 4.36. The molecule has 0 radical (unpaired) electrons. The van der Waals surface area contributed by atoms with Crippen molar-refractivity contribution in [1.82, 2.24) is 15.0 Å². The lowest BCUT2D eigenvalue weighted by molar-refractivity contribution is 0.415. The molecule has 1 aromatic carbocycles. The van der Waals surface area contributed by atoms with Crippen LogP contribution in [0.2, 0.25) is 0 Å². The minimum atomic E-state index is -0.226. The largest absolute Gasteiger partial charge is 0.497 e. The van der Waals surface area contributed by atoms with Gasteiger partial charge in [0.2, 0.25) is 0 Å². The number of nitrogens with one attached hydrogen (secondary N) is 1. The van der Waals surface area contributed by atoms with Gasteiger partial charge in [0.15, 0.2) is 5.13 Å². The van der Waals surface area contributed by atoms with E-state index < -0.39 is 0 Å². The number of benzene rings is 1. The summed E-state index contributed by atoms with van der Waals surface area (Å²) in [5.41, 5.74) is 1.49. The molecule has 0 bridgehead atoms. The molecule has 3 aromatic rings. The van der Waals surface area contributed by atoms with E-state index in [9.17, 15) is 4.79 Å². The standard InChI is InChI=1S/C16H16N4O2S/c1-20(2)16-17-9-11(23-16)5-7-13-15(21)19-12-6-4-10(22-3)8-14(12)18-13/h4-9H,1-3H3,(H,19,21)/b7-5+. The maximum Gasteiger partial charge on any atom is 0.274 e. The lowest BCUT2D eigenvalue weighted by Gasteiger charge is -2.04. The first-order chi connectivity index (χ1) is 11.1. The van der Waals surface area contributed by atoms with E-state index in [1.165, 1.54) is 0 Å². The van der Waals surface area contributed by atoms with Crippen LogP contribution in [-0.4, -0.2) is 36.2 Å². The molecule has 2 aromatic heterocycles. The topological polar surface area (TPSA) is 71.1 Å². The molecule has 6 nitrogen and oxygen atoms in total. The molecule has 0 saturated heterocycles. The highest BCUT2D eigenvalue weighted by Crippen LogP contribution is 2.22. The summed E-state index contributed by atoms with van der Waals surface area (Å²) >= 11 is 1.54. The maximum absolute atomic E-state index is 12.1. The summed E-state index contributed by atoms with van der Waals surface area (Å²) in [4.78, 5) is 26.5. The van der Waals surface area contributed by atoms with Crippen molar-refractivity contribution < 1.29 is 4.74 Å². The van der Waals surface area contributed by atoms with Gasteiger partial charge in [-0.05, 0) is 24.3 Å². The molecule has 0 spiro atoms. The SMILES string of the molecule is COc1ccc2[nH]c(=O)c(/C=C/c3cnc(N(C)C)s3)nc2c1. The van der Waals surface area contributed by atoms with Crippen molar-refractivity contribution >= 4 is 39.7 Å². The normalized spacial score (nSPS) is 11.3. The molecule has 2 heterocycles. The van der Waals surface area contributed by atoms with Gasteiger partial charge < -0.3 is 14.6 Å². The molecule has 0 aliphatic rings. The molecule has 0 aliphatic heterocycles. The van der Waals surface area contributed by atoms with Gasteiger partial charge >= 0.3 is 0 Å². The Morgan fingerprint density at radius 2 is 2.13 bits per heavy atom. The summed E-state index contributed by atoms with van der Waals surface area (Å²) < 4.78 is 5.19. The summed E-state index contributed by atoms with van der Waals surface area (Å²) in [6, 6.07) is 5.36. The zero-order valence-corrected chi connectivity index (χ0v) is 13.8. The predicted molar refractivity (Wildman–Crippen MR) is 94.3 cm³/mol. The minimum Gasteiger partial charge on any atom is -0.497 e. The van der Waals surface area contributed by atoms with Gasteiger partial charge in [0.25, 0.3) is 5.56 Å². The van der Waals surface area contributed by atoms with Crippen molar-refractivity contribution in [1.29, 1.82) is 0 Å². The zero-order valence-electron chi connectivity index (χ0n) is 13.0. The lowest BCUT2D eigenvalue weighted by atomic mass is 10.2. The van der Waals surface area contributed by atoms with E-state index in [4.69, 9.17) is 4.74 Å². The third-order valence-electron chi connectivity index (χ3n) is 3.23. The van der Waals surface area contributed by atoms with E-state index in [0.29, 0.717) is 22.5 Å². The summed E-state index contributed by atoms with van der Waals surface area (Å²) in [6.07, 6.45) is 5.31. The number of anilines is 1. The summed E-state index contributed by atoms with van der Waals surface area (Å²) in [5, 5.41) is 0.912. The molecule has 0 amide bonds. The average molecular weight is 328 g/mol. The smallest absolute Gasteiger partial charge is 0.274 e. The number of rotatable bonds is 4. The van der Waals surface area contributed by atoms with Crippen LogP contribution in [0.3, 0.4) is 0 Å². The predicted octanol–water partition coefficient (Wildman–Crippen LogP) is 2.62. The summed E-state index contributed by atoms with van der Waals surface area (Å²) in [6.45, 7) is 0. The van der Waals surface area contributed by atoms with Gasteiger partial charge in [0.05, 0.1) is 18.1 Å². The first-order valence-electron chi connectivity index (χ1n) is 6.96. The monoisotopic (exact) mass is 328 g/mol. The highest BCUT2D eigenvalue weighted by molar-refractivity contribution is 7.16. The number of thiazole rings is 1. The Balaban J connectivity index is 1.96.